The maximum atomic E-state index is 6.42. The molecule has 0 radical (unpaired) electrons. The van der Waals surface area contributed by atoms with Crippen molar-refractivity contribution in [1.82, 2.24) is 19.9 Å². The number of aromatic nitrogens is 4. The summed E-state index contributed by atoms with van der Waals surface area (Å²) in [5.41, 5.74) is 3.82. The van der Waals surface area contributed by atoms with Gasteiger partial charge in [-0.15, -0.1) is 10.2 Å². The first-order valence-electron chi connectivity index (χ1n) is 10.6. The molecule has 0 aliphatic heterocycles. The van der Waals surface area contributed by atoms with Crippen molar-refractivity contribution in [2.24, 2.45) is 0 Å². The molecular formula is C24H25ClN4O3S. The molecule has 2 aromatic carbocycles. The van der Waals surface area contributed by atoms with E-state index in [0.717, 1.165) is 44.9 Å². The van der Waals surface area contributed by atoms with E-state index in [2.05, 4.69) is 15.4 Å². The number of nitrogens with zero attached hydrogens (tertiary/aromatic N) is 4. The molecule has 0 fully saturated rings. The highest BCUT2D eigenvalue weighted by atomic mass is 35.5. The molecule has 0 amide bonds. The van der Waals surface area contributed by atoms with Gasteiger partial charge in [-0.1, -0.05) is 34.6 Å². The van der Waals surface area contributed by atoms with Crippen molar-refractivity contribution < 1.29 is 14.0 Å². The molecule has 0 N–H and O–H groups in total. The number of ether oxygens (including phenoxy) is 2. The smallest absolute Gasteiger partial charge is 0.196 e. The van der Waals surface area contributed by atoms with Crippen molar-refractivity contribution in [2.75, 3.05) is 6.61 Å². The number of aryl methyl sites for hydroxylation is 3. The number of rotatable bonds is 9. The van der Waals surface area contributed by atoms with E-state index >= 15 is 0 Å². The van der Waals surface area contributed by atoms with Gasteiger partial charge in [-0.3, -0.25) is 4.57 Å². The molecular weight excluding hydrogens is 460 g/mol. The van der Waals surface area contributed by atoms with Crippen LogP contribution in [0.2, 0.25) is 5.02 Å². The molecule has 4 aromatic rings. The Labute approximate surface area is 202 Å². The molecule has 0 spiro atoms. The van der Waals surface area contributed by atoms with Crippen LogP contribution < -0.4 is 9.47 Å². The summed E-state index contributed by atoms with van der Waals surface area (Å²) in [5, 5.41) is 14.3. The number of halogens is 1. The maximum absolute atomic E-state index is 6.42. The third-order valence-corrected chi connectivity index (χ3v) is 6.51. The molecule has 0 unspecified atom stereocenters. The molecule has 0 aliphatic carbocycles. The average molecular weight is 485 g/mol. The predicted molar refractivity (Wildman–Crippen MR) is 129 cm³/mol. The normalized spacial score (nSPS) is 11.1. The van der Waals surface area contributed by atoms with Gasteiger partial charge in [0.25, 0.3) is 0 Å². The first-order chi connectivity index (χ1) is 16.0. The molecule has 0 bridgehead atoms. The molecule has 0 saturated carbocycles. The van der Waals surface area contributed by atoms with Crippen LogP contribution in [0.3, 0.4) is 0 Å². The van der Waals surface area contributed by atoms with Crippen molar-refractivity contribution in [2.45, 2.75) is 45.2 Å². The van der Waals surface area contributed by atoms with Crippen LogP contribution in [0.25, 0.3) is 5.69 Å². The standard InChI is InChI=1S/C24H25ClN4O3S/c1-5-30-19-8-10-20(11-9-19)31-13-23-26-27-24(33-14-21-16(3)28-32-17(21)4)29(23)18-7-6-15(2)22(25)12-18/h6-12H,5,13-14H2,1-4H3. The summed E-state index contributed by atoms with van der Waals surface area (Å²) in [7, 11) is 0. The minimum atomic E-state index is 0.248. The Morgan fingerprint density at radius 1 is 1.00 bits per heavy atom. The molecule has 172 valence electrons. The number of hydrogen-bond donors (Lipinski definition) is 0. The third kappa shape index (κ3) is 5.34. The van der Waals surface area contributed by atoms with Crippen LogP contribution in [-0.4, -0.2) is 26.5 Å². The summed E-state index contributed by atoms with van der Waals surface area (Å²) in [6.07, 6.45) is 0. The number of hydrogen-bond acceptors (Lipinski definition) is 7. The summed E-state index contributed by atoms with van der Waals surface area (Å²) < 4.78 is 18.8. The second kappa shape index (κ2) is 10.3. The Bertz CT molecular complexity index is 1220. The molecule has 4 rings (SSSR count). The summed E-state index contributed by atoms with van der Waals surface area (Å²) in [5.74, 6) is 3.67. The van der Waals surface area contributed by atoms with Gasteiger partial charge in [-0.25, -0.2) is 0 Å². The van der Waals surface area contributed by atoms with Gasteiger partial charge < -0.3 is 14.0 Å². The van der Waals surface area contributed by atoms with E-state index in [9.17, 15) is 0 Å². The van der Waals surface area contributed by atoms with Crippen molar-refractivity contribution in [3.8, 4) is 17.2 Å². The quantitative estimate of drug-likeness (QED) is 0.265. The number of thioether (sulfide) groups is 1. The van der Waals surface area contributed by atoms with Gasteiger partial charge in [0.1, 0.15) is 23.9 Å². The summed E-state index contributed by atoms with van der Waals surface area (Å²) in [6, 6.07) is 13.4. The SMILES string of the molecule is CCOc1ccc(OCc2nnc(SCc3c(C)noc3C)n2-c2ccc(C)c(Cl)c2)cc1. The Morgan fingerprint density at radius 2 is 1.73 bits per heavy atom. The van der Waals surface area contributed by atoms with Crippen molar-refractivity contribution >= 4 is 23.4 Å². The minimum absolute atomic E-state index is 0.248. The zero-order valence-electron chi connectivity index (χ0n) is 19.0. The molecule has 33 heavy (non-hydrogen) atoms. The monoisotopic (exact) mass is 484 g/mol. The lowest BCUT2D eigenvalue weighted by atomic mass is 10.2. The molecule has 2 heterocycles. The highest BCUT2D eigenvalue weighted by Crippen LogP contribution is 2.30. The van der Waals surface area contributed by atoms with E-state index in [-0.39, 0.29) is 6.61 Å². The molecule has 0 atom stereocenters. The van der Waals surface area contributed by atoms with Gasteiger partial charge >= 0.3 is 0 Å². The van der Waals surface area contributed by atoms with Crippen LogP contribution in [0, 0.1) is 20.8 Å². The lowest BCUT2D eigenvalue weighted by Gasteiger charge is -2.12. The van der Waals surface area contributed by atoms with E-state index in [4.69, 9.17) is 25.6 Å². The fraction of sp³-hybridized carbons (Fsp3) is 0.292. The molecule has 0 saturated heterocycles. The van der Waals surface area contributed by atoms with Crippen molar-refractivity contribution in [1.29, 1.82) is 0 Å². The van der Waals surface area contributed by atoms with Gasteiger partial charge in [0.15, 0.2) is 11.0 Å². The van der Waals surface area contributed by atoms with Crippen LogP contribution in [0.4, 0.5) is 0 Å². The fourth-order valence-electron chi connectivity index (χ4n) is 3.26. The maximum Gasteiger partial charge on any atom is 0.196 e. The van der Waals surface area contributed by atoms with Crippen LogP contribution >= 0.6 is 23.4 Å². The highest BCUT2D eigenvalue weighted by molar-refractivity contribution is 7.98. The van der Waals surface area contributed by atoms with Gasteiger partial charge in [0.05, 0.1) is 18.0 Å². The van der Waals surface area contributed by atoms with Crippen LogP contribution in [-0.2, 0) is 12.4 Å². The van der Waals surface area contributed by atoms with Crippen LogP contribution in [0.1, 0.15) is 35.3 Å². The van der Waals surface area contributed by atoms with Crippen LogP contribution in [0.5, 0.6) is 11.5 Å². The summed E-state index contributed by atoms with van der Waals surface area (Å²) >= 11 is 7.99. The summed E-state index contributed by atoms with van der Waals surface area (Å²) in [6.45, 7) is 8.65. The van der Waals surface area contributed by atoms with Crippen LogP contribution in [0.15, 0.2) is 52.1 Å². The predicted octanol–water partition coefficient (Wildman–Crippen LogP) is 6.10. The molecule has 0 aliphatic rings. The zero-order valence-corrected chi connectivity index (χ0v) is 20.5. The molecule has 9 heteroatoms. The number of benzene rings is 2. The first kappa shape index (κ1) is 23.2. The molecule has 2 aromatic heterocycles. The van der Waals surface area contributed by atoms with E-state index in [1.54, 1.807) is 11.8 Å². The third-order valence-electron chi connectivity index (χ3n) is 5.14. The van der Waals surface area contributed by atoms with Gasteiger partial charge in [0.2, 0.25) is 0 Å². The Kier molecular flexibility index (Phi) is 7.25. The first-order valence-corrected chi connectivity index (χ1v) is 11.9. The lowest BCUT2D eigenvalue weighted by molar-refractivity contribution is 0.291. The minimum Gasteiger partial charge on any atom is -0.494 e. The van der Waals surface area contributed by atoms with Gasteiger partial charge in [-0.2, -0.15) is 0 Å². The zero-order chi connectivity index (χ0) is 23.4. The lowest BCUT2D eigenvalue weighted by Crippen LogP contribution is -2.07. The molecule has 7 nitrogen and oxygen atoms in total. The Hall–Kier alpha value is -2.97. The fourth-order valence-corrected chi connectivity index (χ4v) is 4.56. The van der Waals surface area contributed by atoms with E-state index in [1.807, 2.05) is 74.7 Å². The van der Waals surface area contributed by atoms with Gasteiger partial charge in [-0.05, 0) is 69.7 Å². The second-order valence-electron chi connectivity index (χ2n) is 7.45. The topological polar surface area (TPSA) is 75.2 Å². The Morgan fingerprint density at radius 3 is 2.36 bits per heavy atom. The van der Waals surface area contributed by atoms with E-state index < -0.39 is 0 Å². The Balaban J connectivity index is 1.59. The van der Waals surface area contributed by atoms with Crippen molar-refractivity contribution in [3.63, 3.8) is 0 Å². The van der Waals surface area contributed by atoms with E-state index in [1.165, 1.54) is 0 Å². The largest absolute Gasteiger partial charge is 0.494 e. The highest BCUT2D eigenvalue weighted by Gasteiger charge is 2.18. The average Bonchev–Trinajstić information content (AvgIpc) is 3.36. The second-order valence-corrected chi connectivity index (χ2v) is 8.80. The van der Waals surface area contributed by atoms with Crippen molar-refractivity contribution in [3.05, 3.63) is 75.9 Å². The summed E-state index contributed by atoms with van der Waals surface area (Å²) in [4.78, 5) is 0. The van der Waals surface area contributed by atoms with E-state index in [0.29, 0.717) is 23.2 Å². The van der Waals surface area contributed by atoms with Gasteiger partial charge in [0, 0.05) is 16.3 Å².